The van der Waals surface area contributed by atoms with Gasteiger partial charge < -0.3 is 15.2 Å². The van der Waals surface area contributed by atoms with E-state index < -0.39 is 12.5 Å². The summed E-state index contributed by atoms with van der Waals surface area (Å²) in [6.45, 7) is 5.84. The second-order valence-electron chi connectivity index (χ2n) is 5.23. The van der Waals surface area contributed by atoms with Crippen LogP contribution in [0.4, 0.5) is 13.2 Å². The molecule has 19 heavy (non-hydrogen) atoms. The van der Waals surface area contributed by atoms with Gasteiger partial charge in [0.2, 0.25) is 0 Å². The number of ether oxygens (including phenoxy) is 1. The summed E-state index contributed by atoms with van der Waals surface area (Å²) in [5, 5.41) is 13.0. The summed E-state index contributed by atoms with van der Waals surface area (Å²) in [6, 6.07) is 5.58. The molecule has 0 aliphatic rings. The molecule has 0 fully saturated rings. The molecule has 1 aromatic carbocycles. The number of para-hydroxylation sites is 1. The lowest BCUT2D eigenvalue weighted by atomic mass is 10.1. The summed E-state index contributed by atoms with van der Waals surface area (Å²) in [4.78, 5) is 0. The van der Waals surface area contributed by atoms with Crippen LogP contribution >= 0.6 is 0 Å². The molecule has 0 radical (unpaired) electrons. The topological polar surface area (TPSA) is 41.5 Å². The van der Waals surface area contributed by atoms with E-state index in [1.54, 1.807) is 6.07 Å². The maximum atomic E-state index is 12.2. The Kier molecular flexibility index (Phi) is 4.81. The first-order chi connectivity index (χ1) is 8.58. The van der Waals surface area contributed by atoms with Gasteiger partial charge in [0, 0.05) is 17.6 Å². The fourth-order valence-corrected chi connectivity index (χ4v) is 1.49. The minimum Gasteiger partial charge on any atom is -0.405 e. The van der Waals surface area contributed by atoms with Gasteiger partial charge in [-0.05, 0) is 26.8 Å². The predicted molar refractivity (Wildman–Crippen MR) is 65.8 cm³/mol. The first kappa shape index (κ1) is 15.8. The van der Waals surface area contributed by atoms with E-state index in [0.29, 0.717) is 0 Å². The Morgan fingerprint density at radius 1 is 1.21 bits per heavy atom. The van der Waals surface area contributed by atoms with Crippen molar-refractivity contribution in [2.45, 2.75) is 38.8 Å². The van der Waals surface area contributed by atoms with Gasteiger partial charge in [0.1, 0.15) is 5.75 Å². The van der Waals surface area contributed by atoms with Crippen LogP contribution in [0.3, 0.4) is 0 Å². The second kappa shape index (κ2) is 5.79. The molecule has 6 heteroatoms. The van der Waals surface area contributed by atoms with Crippen LogP contribution in [0.2, 0.25) is 0 Å². The number of aliphatic hydroxyl groups excluding tert-OH is 1. The van der Waals surface area contributed by atoms with Gasteiger partial charge in [0.05, 0.1) is 6.10 Å². The summed E-state index contributed by atoms with van der Waals surface area (Å²) in [7, 11) is 0. The first-order valence-electron chi connectivity index (χ1n) is 5.86. The Morgan fingerprint density at radius 2 is 1.79 bits per heavy atom. The van der Waals surface area contributed by atoms with E-state index in [4.69, 9.17) is 0 Å². The smallest absolute Gasteiger partial charge is 0.405 e. The van der Waals surface area contributed by atoms with Crippen molar-refractivity contribution in [2.75, 3.05) is 6.54 Å². The molecule has 0 spiro atoms. The predicted octanol–water partition coefficient (Wildman–Crippen LogP) is 3.01. The number of hydrogen-bond acceptors (Lipinski definition) is 3. The molecule has 0 saturated carbocycles. The van der Waals surface area contributed by atoms with E-state index in [1.165, 1.54) is 18.2 Å². The average molecular weight is 277 g/mol. The largest absolute Gasteiger partial charge is 0.573 e. The Balaban J connectivity index is 2.82. The van der Waals surface area contributed by atoms with Crippen molar-refractivity contribution in [3.8, 4) is 5.75 Å². The number of benzene rings is 1. The summed E-state index contributed by atoms with van der Waals surface area (Å²) < 4.78 is 40.6. The summed E-state index contributed by atoms with van der Waals surface area (Å²) in [5.74, 6) is -0.377. The first-order valence-corrected chi connectivity index (χ1v) is 5.86. The lowest BCUT2D eigenvalue weighted by Crippen LogP contribution is -2.38. The number of nitrogens with one attached hydrogen (secondary N) is 1. The van der Waals surface area contributed by atoms with Gasteiger partial charge >= 0.3 is 6.36 Å². The minimum absolute atomic E-state index is 0.108. The van der Waals surface area contributed by atoms with Crippen molar-refractivity contribution in [1.29, 1.82) is 0 Å². The third-order valence-corrected chi connectivity index (χ3v) is 2.33. The molecule has 0 heterocycles. The van der Waals surface area contributed by atoms with Crippen molar-refractivity contribution in [1.82, 2.24) is 5.32 Å². The SMILES string of the molecule is CC(C)(C)NCC(O)c1ccccc1OC(F)(F)F. The van der Waals surface area contributed by atoms with Gasteiger partial charge in [-0.3, -0.25) is 0 Å². The highest BCUT2D eigenvalue weighted by Gasteiger charge is 2.32. The molecule has 1 aromatic rings. The van der Waals surface area contributed by atoms with Crippen LogP contribution in [0.1, 0.15) is 32.4 Å². The molecule has 3 nitrogen and oxygen atoms in total. The van der Waals surface area contributed by atoms with Gasteiger partial charge in [-0.2, -0.15) is 0 Å². The molecule has 0 bridgehead atoms. The van der Waals surface area contributed by atoms with Crippen LogP contribution in [0.15, 0.2) is 24.3 Å². The summed E-state index contributed by atoms with van der Waals surface area (Å²) in [5.41, 5.74) is -0.127. The van der Waals surface area contributed by atoms with E-state index in [0.717, 1.165) is 0 Å². The molecule has 1 unspecified atom stereocenters. The fraction of sp³-hybridized carbons (Fsp3) is 0.538. The highest BCUT2D eigenvalue weighted by molar-refractivity contribution is 5.35. The summed E-state index contributed by atoms with van der Waals surface area (Å²) >= 11 is 0. The van der Waals surface area contributed by atoms with E-state index in [1.807, 2.05) is 20.8 Å². The molecule has 0 aliphatic heterocycles. The lowest BCUT2D eigenvalue weighted by Gasteiger charge is -2.24. The zero-order chi connectivity index (χ0) is 14.7. The van der Waals surface area contributed by atoms with Crippen LogP contribution < -0.4 is 10.1 Å². The fourth-order valence-electron chi connectivity index (χ4n) is 1.49. The Bertz CT molecular complexity index is 413. The average Bonchev–Trinajstić information content (AvgIpc) is 2.23. The molecule has 1 atom stereocenters. The van der Waals surface area contributed by atoms with E-state index in [2.05, 4.69) is 10.1 Å². The number of aliphatic hydroxyl groups is 1. The standard InChI is InChI=1S/C13H18F3NO2/c1-12(2,3)17-8-10(18)9-6-4-5-7-11(9)19-13(14,15)16/h4-7,10,17-18H,8H2,1-3H3. The maximum Gasteiger partial charge on any atom is 0.573 e. The van der Waals surface area contributed by atoms with Crippen molar-refractivity contribution in [2.24, 2.45) is 0 Å². The quantitative estimate of drug-likeness (QED) is 0.889. The lowest BCUT2D eigenvalue weighted by molar-refractivity contribution is -0.275. The molecular weight excluding hydrogens is 259 g/mol. The third kappa shape index (κ3) is 5.94. The van der Waals surface area contributed by atoms with Crippen LogP contribution in [0.25, 0.3) is 0 Å². The maximum absolute atomic E-state index is 12.2. The van der Waals surface area contributed by atoms with Crippen molar-refractivity contribution >= 4 is 0 Å². The van der Waals surface area contributed by atoms with Gasteiger partial charge in [0.15, 0.2) is 0 Å². The molecule has 1 rings (SSSR count). The van der Waals surface area contributed by atoms with E-state index in [9.17, 15) is 18.3 Å². The van der Waals surface area contributed by atoms with E-state index in [-0.39, 0.29) is 23.4 Å². The highest BCUT2D eigenvalue weighted by Crippen LogP contribution is 2.30. The van der Waals surface area contributed by atoms with Crippen LogP contribution in [-0.2, 0) is 0 Å². The van der Waals surface area contributed by atoms with Gasteiger partial charge in [0.25, 0.3) is 0 Å². The van der Waals surface area contributed by atoms with Crippen molar-refractivity contribution in [3.63, 3.8) is 0 Å². The van der Waals surface area contributed by atoms with Crippen LogP contribution in [0, 0.1) is 0 Å². The molecule has 2 N–H and O–H groups in total. The molecule has 0 amide bonds. The van der Waals surface area contributed by atoms with Gasteiger partial charge in [-0.1, -0.05) is 18.2 Å². The molecule has 0 aromatic heterocycles. The van der Waals surface area contributed by atoms with Gasteiger partial charge in [-0.15, -0.1) is 13.2 Å². The number of β-amino-alcohol motifs (C(OH)–C–C–N with tert-alkyl or cyclic N) is 1. The molecule has 0 aliphatic carbocycles. The van der Waals surface area contributed by atoms with Crippen LogP contribution in [-0.4, -0.2) is 23.6 Å². The Hall–Kier alpha value is -1.27. The third-order valence-electron chi connectivity index (χ3n) is 2.33. The Morgan fingerprint density at radius 3 is 2.32 bits per heavy atom. The van der Waals surface area contributed by atoms with E-state index >= 15 is 0 Å². The number of rotatable bonds is 4. The molecule has 108 valence electrons. The normalized spacial score (nSPS) is 14.3. The summed E-state index contributed by atoms with van der Waals surface area (Å²) in [6.07, 6.45) is -5.84. The monoisotopic (exact) mass is 277 g/mol. The molecular formula is C13H18F3NO2. The minimum atomic E-state index is -4.77. The van der Waals surface area contributed by atoms with Crippen LogP contribution in [0.5, 0.6) is 5.75 Å². The van der Waals surface area contributed by atoms with Gasteiger partial charge in [-0.25, -0.2) is 0 Å². The number of halogens is 3. The number of alkyl halides is 3. The zero-order valence-corrected chi connectivity index (χ0v) is 11.1. The number of hydrogen-bond donors (Lipinski definition) is 2. The Labute approximate surface area is 110 Å². The second-order valence-corrected chi connectivity index (χ2v) is 5.23. The zero-order valence-electron chi connectivity index (χ0n) is 11.1. The van der Waals surface area contributed by atoms with Crippen molar-refractivity contribution in [3.05, 3.63) is 29.8 Å². The highest BCUT2D eigenvalue weighted by atomic mass is 19.4. The van der Waals surface area contributed by atoms with Crippen molar-refractivity contribution < 1.29 is 23.0 Å². The molecule has 0 saturated heterocycles.